The van der Waals surface area contributed by atoms with Gasteiger partial charge in [-0.15, -0.1) is 11.8 Å². The molecule has 3 aromatic rings. The summed E-state index contributed by atoms with van der Waals surface area (Å²) in [4.78, 5) is 1.33. The summed E-state index contributed by atoms with van der Waals surface area (Å²) in [6, 6.07) is 17.3. The van der Waals surface area contributed by atoms with Crippen LogP contribution < -0.4 is 0 Å². The Balaban J connectivity index is 1.84. The van der Waals surface area contributed by atoms with E-state index in [1.807, 2.05) is 11.8 Å². The zero-order chi connectivity index (χ0) is 13.2. The van der Waals surface area contributed by atoms with Gasteiger partial charge < -0.3 is 4.57 Å². The van der Waals surface area contributed by atoms with Crippen molar-refractivity contribution in [2.75, 3.05) is 0 Å². The standard InChI is InChI=1S/C17H17NS/c1-13-7-9-15(10-8-13)19-12-14-11-18(2)17-6-4-3-5-16(14)17/h3-11H,12H2,1-2H3. The predicted octanol–water partition coefficient (Wildman–Crippen LogP) is 4.78. The van der Waals surface area contributed by atoms with Crippen molar-refractivity contribution in [3.63, 3.8) is 0 Å². The van der Waals surface area contributed by atoms with Gasteiger partial charge in [-0.05, 0) is 30.7 Å². The fourth-order valence-electron chi connectivity index (χ4n) is 2.34. The van der Waals surface area contributed by atoms with Gasteiger partial charge in [0.25, 0.3) is 0 Å². The normalized spacial score (nSPS) is 11.1. The highest BCUT2D eigenvalue weighted by Crippen LogP contribution is 2.28. The molecule has 3 rings (SSSR count). The summed E-state index contributed by atoms with van der Waals surface area (Å²) >= 11 is 1.90. The van der Waals surface area contributed by atoms with Crippen LogP contribution in [0.5, 0.6) is 0 Å². The van der Waals surface area contributed by atoms with Crippen LogP contribution in [0.3, 0.4) is 0 Å². The van der Waals surface area contributed by atoms with Crippen LogP contribution in [0, 0.1) is 6.92 Å². The molecule has 0 fully saturated rings. The van der Waals surface area contributed by atoms with Gasteiger partial charge in [0.15, 0.2) is 0 Å². The van der Waals surface area contributed by atoms with Crippen molar-refractivity contribution in [1.82, 2.24) is 4.57 Å². The minimum Gasteiger partial charge on any atom is -0.350 e. The number of hydrogen-bond acceptors (Lipinski definition) is 1. The average Bonchev–Trinajstić information content (AvgIpc) is 2.76. The van der Waals surface area contributed by atoms with Crippen LogP contribution in [0.4, 0.5) is 0 Å². The first-order valence-corrected chi connectivity index (χ1v) is 7.45. The summed E-state index contributed by atoms with van der Waals surface area (Å²) < 4.78 is 2.21. The van der Waals surface area contributed by atoms with Gasteiger partial charge in [0.05, 0.1) is 0 Å². The van der Waals surface area contributed by atoms with Crippen molar-refractivity contribution in [1.29, 1.82) is 0 Å². The molecule has 0 saturated carbocycles. The van der Waals surface area contributed by atoms with Gasteiger partial charge in [-0.3, -0.25) is 0 Å². The van der Waals surface area contributed by atoms with Gasteiger partial charge in [0.2, 0.25) is 0 Å². The molecule has 0 atom stereocenters. The van der Waals surface area contributed by atoms with Crippen LogP contribution in [-0.4, -0.2) is 4.57 Å². The summed E-state index contributed by atoms with van der Waals surface area (Å²) in [5, 5.41) is 1.37. The van der Waals surface area contributed by atoms with Crippen molar-refractivity contribution >= 4 is 22.7 Å². The van der Waals surface area contributed by atoms with E-state index >= 15 is 0 Å². The molecule has 1 aromatic heterocycles. The molecule has 0 unspecified atom stereocenters. The molecule has 2 aromatic carbocycles. The van der Waals surface area contributed by atoms with E-state index in [0.717, 1.165) is 5.75 Å². The lowest BCUT2D eigenvalue weighted by atomic mass is 10.2. The average molecular weight is 267 g/mol. The van der Waals surface area contributed by atoms with Gasteiger partial charge in [0, 0.05) is 34.8 Å². The van der Waals surface area contributed by atoms with Crippen molar-refractivity contribution in [3.05, 3.63) is 65.9 Å². The van der Waals surface area contributed by atoms with Crippen molar-refractivity contribution in [2.24, 2.45) is 7.05 Å². The maximum absolute atomic E-state index is 2.24. The molecule has 1 nitrogen and oxygen atoms in total. The molecule has 1 heterocycles. The van der Waals surface area contributed by atoms with Crippen LogP contribution >= 0.6 is 11.8 Å². The molecule has 19 heavy (non-hydrogen) atoms. The first-order valence-electron chi connectivity index (χ1n) is 6.46. The quantitative estimate of drug-likeness (QED) is 0.618. The Morgan fingerprint density at radius 2 is 1.74 bits per heavy atom. The molecule has 0 N–H and O–H groups in total. The molecular weight excluding hydrogens is 250 g/mol. The van der Waals surface area contributed by atoms with E-state index in [1.165, 1.54) is 26.9 Å². The van der Waals surface area contributed by atoms with E-state index in [4.69, 9.17) is 0 Å². The molecule has 0 bridgehead atoms. The molecule has 0 aliphatic heterocycles. The van der Waals surface area contributed by atoms with Gasteiger partial charge >= 0.3 is 0 Å². The number of rotatable bonds is 3. The third-order valence-corrected chi connectivity index (χ3v) is 4.46. The Morgan fingerprint density at radius 1 is 1.00 bits per heavy atom. The summed E-state index contributed by atoms with van der Waals surface area (Å²) in [6.45, 7) is 2.12. The Morgan fingerprint density at radius 3 is 2.53 bits per heavy atom. The molecule has 0 radical (unpaired) electrons. The lowest BCUT2D eigenvalue weighted by Crippen LogP contribution is -1.82. The topological polar surface area (TPSA) is 4.93 Å². The zero-order valence-electron chi connectivity index (χ0n) is 11.3. The Hall–Kier alpha value is -1.67. The second-order valence-corrected chi connectivity index (χ2v) is 5.93. The maximum Gasteiger partial charge on any atom is 0.0480 e. The smallest absolute Gasteiger partial charge is 0.0480 e. The summed E-state index contributed by atoms with van der Waals surface area (Å²) in [5.41, 5.74) is 4.03. The van der Waals surface area contributed by atoms with Gasteiger partial charge in [-0.2, -0.15) is 0 Å². The van der Waals surface area contributed by atoms with Crippen molar-refractivity contribution in [3.8, 4) is 0 Å². The molecule has 0 aliphatic carbocycles. The van der Waals surface area contributed by atoms with E-state index < -0.39 is 0 Å². The molecule has 0 saturated heterocycles. The molecule has 0 spiro atoms. The zero-order valence-corrected chi connectivity index (χ0v) is 12.1. The molecule has 2 heteroatoms. The highest BCUT2D eigenvalue weighted by molar-refractivity contribution is 7.98. The first-order chi connectivity index (χ1) is 9.24. The van der Waals surface area contributed by atoms with Gasteiger partial charge in [-0.25, -0.2) is 0 Å². The fourth-order valence-corrected chi connectivity index (χ4v) is 3.22. The summed E-state index contributed by atoms with van der Waals surface area (Å²) in [6.07, 6.45) is 2.24. The Bertz CT molecular complexity index is 695. The number of thioether (sulfide) groups is 1. The molecule has 96 valence electrons. The van der Waals surface area contributed by atoms with E-state index in [9.17, 15) is 0 Å². The maximum atomic E-state index is 2.24. The lowest BCUT2D eigenvalue weighted by Gasteiger charge is -2.01. The number of nitrogens with zero attached hydrogens (tertiary/aromatic N) is 1. The molecule has 0 amide bonds. The third kappa shape index (κ3) is 2.54. The number of fused-ring (bicyclic) bond motifs is 1. The van der Waals surface area contributed by atoms with Gasteiger partial charge in [-0.1, -0.05) is 35.9 Å². The van der Waals surface area contributed by atoms with Crippen LogP contribution in [0.15, 0.2) is 59.6 Å². The summed E-state index contributed by atoms with van der Waals surface area (Å²) in [7, 11) is 2.11. The minimum absolute atomic E-state index is 1.02. The van der Waals surface area contributed by atoms with Crippen molar-refractivity contribution < 1.29 is 0 Å². The van der Waals surface area contributed by atoms with Crippen LogP contribution in [0.25, 0.3) is 10.9 Å². The number of benzene rings is 2. The lowest BCUT2D eigenvalue weighted by molar-refractivity contribution is 0.963. The highest BCUT2D eigenvalue weighted by atomic mass is 32.2. The molecular formula is C17H17NS. The highest BCUT2D eigenvalue weighted by Gasteiger charge is 2.06. The number of aryl methyl sites for hydroxylation is 2. The van der Waals surface area contributed by atoms with Crippen LogP contribution in [-0.2, 0) is 12.8 Å². The SMILES string of the molecule is Cc1ccc(SCc2cn(C)c3ccccc23)cc1. The predicted molar refractivity (Wildman–Crippen MR) is 83.7 cm³/mol. The third-order valence-electron chi connectivity index (χ3n) is 3.39. The number of para-hydroxylation sites is 1. The van der Waals surface area contributed by atoms with Gasteiger partial charge in [0.1, 0.15) is 0 Å². The largest absolute Gasteiger partial charge is 0.350 e. The van der Waals surface area contributed by atoms with Crippen molar-refractivity contribution in [2.45, 2.75) is 17.6 Å². The number of hydrogen-bond donors (Lipinski definition) is 0. The number of aromatic nitrogens is 1. The second-order valence-electron chi connectivity index (χ2n) is 4.88. The Labute approximate surface area is 118 Å². The first kappa shape index (κ1) is 12.4. The fraction of sp³-hybridized carbons (Fsp3) is 0.176. The monoisotopic (exact) mass is 267 g/mol. The Kier molecular flexibility index (Phi) is 3.34. The van der Waals surface area contributed by atoms with E-state index in [2.05, 4.69) is 73.3 Å². The summed E-state index contributed by atoms with van der Waals surface area (Å²) in [5.74, 6) is 1.02. The van der Waals surface area contributed by atoms with E-state index in [1.54, 1.807) is 0 Å². The van der Waals surface area contributed by atoms with Crippen LogP contribution in [0.2, 0.25) is 0 Å². The van der Waals surface area contributed by atoms with E-state index in [0.29, 0.717) is 0 Å². The van der Waals surface area contributed by atoms with E-state index in [-0.39, 0.29) is 0 Å². The molecule has 0 aliphatic rings. The minimum atomic E-state index is 1.02. The van der Waals surface area contributed by atoms with Crippen LogP contribution in [0.1, 0.15) is 11.1 Å². The second kappa shape index (κ2) is 5.14.